The molecule has 3 heterocycles. The molecular formula is C23H35N5O. The summed E-state index contributed by atoms with van der Waals surface area (Å²) in [6.07, 6.45) is 9.87. The molecule has 1 spiro atoms. The van der Waals surface area contributed by atoms with Gasteiger partial charge in [0, 0.05) is 55.9 Å². The van der Waals surface area contributed by atoms with E-state index in [2.05, 4.69) is 46.5 Å². The van der Waals surface area contributed by atoms with Crippen LogP contribution >= 0.6 is 0 Å². The number of nitrogens with one attached hydrogen (secondary N) is 2. The van der Waals surface area contributed by atoms with Crippen LogP contribution in [-0.4, -0.2) is 55.4 Å². The lowest BCUT2D eigenvalue weighted by Crippen LogP contribution is -2.72. The molecule has 5 rings (SSSR count). The highest BCUT2D eigenvalue weighted by Gasteiger charge is 2.66. The molecule has 29 heavy (non-hydrogen) atoms. The molecule has 6 heteroatoms. The van der Waals surface area contributed by atoms with Crippen LogP contribution in [0.4, 0.5) is 5.82 Å². The van der Waals surface area contributed by atoms with Crippen LogP contribution in [0.3, 0.4) is 0 Å². The number of hydrogen-bond donors (Lipinski definition) is 2. The van der Waals surface area contributed by atoms with E-state index in [0.29, 0.717) is 29.5 Å². The van der Waals surface area contributed by atoms with E-state index in [4.69, 9.17) is 9.73 Å². The Morgan fingerprint density at radius 2 is 2.07 bits per heavy atom. The number of piperidine rings is 1. The van der Waals surface area contributed by atoms with Crippen molar-refractivity contribution >= 4 is 11.8 Å². The molecule has 0 radical (unpaired) electrons. The fraction of sp³-hybridized carbons (Fsp3) is 0.739. The van der Waals surface area contributed by atoms with Crippen LogP contribution in [0.2, 0.25) is 0 Å². The summed E-state index contributed by atoms with van der Waals surface area (Å²) in [4.78, 5) is 11.8. The maximum atomic E-state index is 6.08. The van der Waals surface area contributed by atoms with Crippen LogP contribution < -0.4 is 15.5 Å². The van der Waals surface area contributed by atoms with Crippen LogP contribution in [0, 0.1) is 18.3 Å². The van der Waals surface area contributed by atoms with Crippen LogP contribution in [-0.2, 0) is 4.74 Å². The first-order valence-corrected chi connectivity index (χ1v) is 11.6. The fourth-order valence-electron chi connectivity index (χ4n) is 5.99. The van der Waals surface area contributed by atoms with E-state index in [1.165, 1.54) is 31.2 Å². The van der Waals surface area contributed by atoms with Crippen LogP contribution in [0.5, 0.6) is 0 Å². The van der Waals surface area contributed by atoms with Crippen molar-refractivity contribution in [1.82, 2.24) is 15.6 Å². The van der Waals surface area contributed by atoms with E-state index < -0.39 is 0 Å². The first kappa shape index (κ1) is 19.2. The smallest absolute Gasteiger partial charge is 0.191 e. The maximum Gasteiger partial charge on any atom is 0.191 e. The number of aryl methyl sites for hydroxylation is 1. The lowest BCUT2D eigenvalue weighted by atomic mass is 9.46. The van der Waals surface area contributed by atoms with Gasteiger partial charge >= 0.3 is 0 Å². The quantitative estimate of drug-likeness (QED) is 0.604. The second-order valence-electron chi connectivity index (χ2n) is 9.38. The fourth-order valence-corrected chi connectivity index (χ4v) is 5.99. The van der Waals surface area contributed by atoms with Gasteiger partial charge < -0.3 is 20.3 Å². The first-order chi connectivity index (χ1) is 14.2. The molecule has 0 amide bonds. The van der Waals surface area contributed by atoms with Crippen molar-refractivity contribution in [2.75, 3.05) is 31.1 Å². The van der Waals surface area contributed by atoms with Crippen molar-refractivity contribution < 1.29 is 4.74 Å². The van der Waals surface area contributed by atoms with E-state index in [-0.39, 0.29) is 0 Å². The normalized spacial score (nSPS) is 31.2. The molecule has 0 aromatic carbocycles. The third kappa shape index (κ3) is 3.39. The van der Waals surface area contributed by atoms with Gasteiger partial charge in [-0.15, -0.1) is 0 Å². The summed E-state index contributed by atoms with van der Waals surface area (Å²) in [6.45, 7) is 8.04. The predicted molar refractivity (Wildman–Crippen MR) is 116 cm³/mol. The molecule has 2 saturated heterocycles. The highest BCUT2D eigenvalue weighted by Crippen LogP contribution is 2.62. The third-order valence-corrected chi connectivity index (χ3v) is 7.70. The number of ether oxygens (including phenoxy) is 1. The van der Waals surface area contributed by atoms with Crippen LogP contribution in [0.1, 0.15) is 51.0 Å². The van der Waals surface area contributed by atoms with Crippen molar-refractivity contribution in [3.05, 3.63) is 23.9 Å². The molecule has 158 valence electrons. The monoisotopic (exact) mass is 397 g/mol. The van der Waals surface area contributed by atoms with Gasteiger partial charge in [-0.3, -0.25) is 4.99 Å². The first-order valence-electron chi connectivity index (χ1n) is 11.6. The van der Waals surface area contributed by atoms with Crippen molar-refractivity contribution in [2.45, 2.75) is 70.6 Å². The Bertz CT molecular complexity index is 736. The lowest BCUT2D eigenvalue weighted by molar-refractivity contribution is -0.171. The summed E-state index contributed by atoms with van der Waals surface area (Å²) < 4.78 is 6.08. The Balaban J connectivity index is 1.18. The van der Waals surface area contributed by atoms with E-state index in [0.717, 1.165) is 50.9 Å². The molecule has 2 aliphatic carbocycles. The Morgan fingerprint density at radius 1 is 1.24 bits per heavy atom. The number of rotatable bonds is 4. The molecular weight excluding hydrogens is 362 g/mol. The molecule has 2 saturated carbocycles. The van der Waals surface area contributed by atoms with E-state index in [1.807, 2.05) is 6.20 Å². The molecule has 6 nitrogen and oxygen atoms in total. The molecule has 1 aromatic heterocycles. The highest BCUT2D eigenvalue weighted by molar-refractivity contribution is 5.81. The Hall–Kier alpha value is -1.82. The summed E-state index contributed by atoms with van der Waals surface area (Å²) in [5, 5.41) is 7.60. The molecule has 2 aliphatic heterocycles. The molecule has 0 bridgehead atoms. The van der Waals surface area contributed by atoms with Crippen LogP contribution in [0.25, 0.3) is 0 Å². The Morgan fingerprint density at radius 3 is 2.72 bits per heavy atom. The zero-order chi connectivity index (χ0) is 19.8. The summed E-state index contributed by atoms with van der Waals surface area (Å²) in [7, 11) is 0. The number of guanidine groups is 1. The van der Waals surface area contributed by atoms with Gasteiger partial charge in [0.15, 0.2) is 5.96 Å². The standard InChI is InChI=1S/C23H35N5O/c1-3-24-22(27-20-18-9-14-29-21(18)23(20)10-4-11-23)26-17-7-12-28(13-8-17)19-6-5-16(2)15-25-19/h5-6,15,17-18,20-21H,3-4,7-14H2,1-2H3,(H2,24,26,27). The number of aliphatic imine (C=N–C) groups is 1. The number of fused-ring (bicyclic) bond motifs is 2. The third-order valence-electron chi connectivity index (χ3n) is 7.70. The predicted octanol–water partition coefficient (Wildman–Crippen LogP) is 2.87. The molecule has 1 aromatic rings. The topological polar surface area (TPSA) is 61.8 Å². The van der Waals surface area contributed by atoms with E-state index in [1.54, 1.807) is 0 Å². The number of aromatic nitrogens is 1. The van der Waals surface area contributed by atoms with Crippen LogP contribution in [0.15, 0.2) is 23.3 Å². The molecule has 2 N–H and O–H groups in total. The molecule has 4 fully saturated rings. The summed E-state index contributed by atoms with van der Waals surface area (Å²) in [5.74, 6) is 2.79. The van der Waals surface area contributed by atoms with Crippen molar-refractivity contribution in [1.29, 1.82) is 0 Å². The summed E-state index contributed by atoms with van der Waals surface area (Å²) >= 11 is 0. The van der Waals surface area contributed by atoms with Gasteiger partial charge in [-0.05, 0) is 57.6 Å². The minimum absolute atomic E-state index is 0.387. The van der Waals surface area contributed by atoms with Crippen molar-refractivity contribution in [2.24, 2.45) is 16.3 Å². The number of nitrogens with zero attached hydrogens (tertiary/aromatic N) is 3. The van der Waals surface area contributed by atoms with Gasteiger partial charge in [0.1, 0.15) is 5.82 Å². The van der Waals surface area contributed by atoms with Crippen molar-refractivity contribution in [3.63, 3.8) is 0 Å². The van der Waals surface area contributed by atoms with Gasteiger partial charge in [-0.25, -0.2) is 4.98 Å². The minimum atomic E-state index is 0.387. The average Bonchev–Trinajstić information content (AvgIpc) is 3.11. The molecule has 3 atom stereocenters. The number of hydrogen-bond acceptors (Lipinski definition) is 4. The van der Waals surface area contributed by atoms with E-state index in [9.17, 15) is 0 Å². The number of anilines is 1. The van der Waals surface area contributed by atoms with Gasteiger partial charge in [-0.2, -0.15) is 0 Å². The van der Waals surface area contributed by atoms with Gasteiger partial charge in [0.25, 0.3) is 0 Å². The summed E-state index contributed by atoms with van der Waals surface area (Å²) in [5.41, 5.74) is 1.60. The largest absolute Gasteiger partial charge is 0.377 e. The zero-order valence-corrected chi connectivity index (χ0v) is 17.9. The van der Waals surface area contributed by atoms with Gasteiger partial charge in [0.05, 0.1) is 6.10 Å². The second-order valence-corrected chi connectivity index (χ2v) is 9.38. The van der Waals surface area contributed by atoms with Gasteiger partial charge in [-0.1, -0.05) is 12.5 Å². The lowest BCUT2D eigenvalue weighted by Gasteiger charge is -2.63. The highest BCUT2D eigenvalue weighted by atomic mass is 16.5. The number of pyridine rings is 1. The van der Waals surface area contributed by atoms with Gasteiger partial charge in [0.2, 0.25) is 0 Å². The molecule has 3 unspecified atom stereocenters. The Kier molecular flexibility index (Phi) is 5.14. The Labute approximate surface area is 174 Å². The zero-order valence-electron chi connectivity index (χ0n) is 17.9. The SMILES string of the molecule is CCN=C(NC1CCN(c2ccc(C)cn2)CC1)NC1C2CCOC2C12CCC2. The maximum absolute atomic E-state index is 6.08. The summed E-state index contributed by atoms with van der Waals surface area (Å²) in [6, 6.07) is 5.31. The van der Waals surface area contributed by atoms with Crippen molar-refractivity contribution in [3.8, 4) is 0 Å². The average molecular weight is 398 g/mol. The second kappa shape index (κ2) is 7.78. The van der Waals surface area contributed by atoms with E-state index >= 15 is 0 Å². The molecule has 4 aliphatic rings. The minimum Gasteiger partial charge on any atom is -0.377 e.